The summed E-state index contributed by atoms with van der Waals surface area (Å²) in [5, 5.41) is 0. The number of hydrogen-bond donors (Lipinski definition) is 0. The SMILES string of the molecule is CCCCCN(Cc1ccc(F)cc1)C(=O)c1ccc(OC)nc1. The molecule has 1 amide bonds. The predicted molar refractivity (Wildman–Crippen MR) is 91.5 cm³/mol. The number of ether oxygens (including phenoxy) is 1. The molecule has 0 atom stereocenters. The first-order chi connectivity index (χ1) is 11.6. The summed E-state index contributed by atoms with van der Waals surface area (Å²) in [5.41, 5.74) is 1.43. The zero-order valence-corrected chi connectivity index (χ0v) is 14.2. The topological polar surface area (TPSA) is 42.4 Å². The van der Waals surface area contributed by atoms with Gasteiger partial charge in [-0.05, 0) is 30.2 Å². The Morgan fingerprint density at radius 3 is 2.50 bits per heavy atom. The van der Waals surface area contributed by atoms with E-state index in [0.717, 1.165) is 24.8 Å². The Morgan fingerprint density at radius 2 is 1.92 bits per heavy atom. The van der Waals surface area contributed by atoms with Crippen LogP contribution in [0.4, 0.5) is 4.39 Å². The van der Waals surface area contributed by atoms with Crippen molar-refractivity contribution in [3.63, 3.8) is 0 Å². The third kappa shape index (κ3) is 5.05. The van der Waals surface area contributed by atoms with Crippen LogP contribution >= 0.6 is 0 Å². The largest absolute Gasteiger partial charge is 0.481 e. The standard InChI is InChI=1S/C19H23FN2O2/c1-3-4-5-12-22(14-15-6-9-17(20)10-7-15)19(23)16-8-11-18(24-2)21-13-16/h6-11,13H,3-5,12,14H2,1-2H3. The number of aromatic nitrogens is 1. The molecule has 0 N–H and O–H groups in total. The van der Waals surface area contributed by atoms with Crippen LogP contribution in [0.2, 0.25) is 0 Å². The van der Waals surface area contributed by atoms with Gasteiger partial charge in [0, 0.05) is 25.4 Å². The highest BCUT2D eigenvalue weighted by Crippen LogP contribution is 2.14. The molecule has 0 fully saturated rings. The molecule has 0 aliphatic rings. The quantitative estimate of drug-likeness (QED) is 0.686. The van der Waals surface area contributed by atoms with Gasteiger partial charge in [0.15, 0.2) is 0 Å². The van der Waals surface area contributed by atoms with Crippen molar-refractivity contribution < 1.29 is 13.9 Å². The fraction of sp³-hybridized carbons (Fsp3) is 0.368. The van der Waals surface area contributed by atoms with Crippen molar-refractivity contribution in [1.82, 2.24) is 9.88 Å². The van der Waals surface area contributed by atoms with E-state index >= 15 is 0 Å². The van der Waals surface area contributed by atoms with Crippen LogP contribution in [0.25, 0.3) is 0 Å². The Morgan fingerprint density at radius 1 is 1.17 bits per heavy atom. The van der Waals surface area contributed by atoms with Gasteiger partial charge in [0.25, 0.3) is 5.91 Å². The molecule has 5 heteroatoms. The first-order valence-electron chi connectivity index (χ1n) is 8.17. The monoisotopic (exact) mass is 330 g/mol. The average molecular weight is 330 g/mol. The van der Waals surface area contributed by atoms with Gasteiger partial charge < -0.3 is 9.64 Å². The maximum atomic E-state index is 13.1. The Bertz CT molecular complexity index is 641. The molecular formula is C19H23FN2O2. The number of rotatable bonds is 8. The summed E-state index contributed by atoms with van der Waals surface area (Å²) >= 11 is 0. The number of methoxy groups -OCH3 is 1. The Hall–Kier alpha value is -2.43. The summed E-state index contributed by atoms with van der Waals surface area (Å²) in [7, 11) is 1.54. The molecule has 24 heavy (non-hydrogen) atoms. The summed E-state index contributed by atoms with van der Waals surface area (Å²) in [6.45, 7) is 3.24. The van der Waals surface area contributed by atoms with Crippen LogP contribution in [0.5, 0.6) is 5.88 Å². The highest BCUT2D eigenvalue weighted by atomic mass is 19.1. The van der Waals surface area contributed by atoms with Crippen LogP contribution in [0, 0.1) is 5.82 Å². The van der Waals surface area contributed by atoms with Crippen LogP contribution in [0.15, 0.2) is 42.6 Å². The van der Waals surface area contributed by atoms with Crippen LogP contribution in [0.1, 0.15) is 42.1 Å². The second-order valence-corrected chi connectivity index (χ2v) is 5.65. The molecular weight excluding hydrogens is 307 g/mol. The molecule has 0 aliphatic carbocycles. The lowest BCUT2D eigenvalue weighted by atomic mass is 10.1. The molecule has 0 radical (unpaired) electrons. The summed E-state index contributed by atoms with van der Waals surface area (Å²) in [4.78, 5) is 18.7. The number of hydrogen-bond acceptors (Lipinski definition) is 3. The molecule has 1 aromatic heterocycles. The summed E-state index contributed by atoms with van der Waals surface area (Å²) in [6, 6.07) is 9.64. The van der Waals surface area contributed by atoms with Gasteiger partial charge in [-0.25, -0.2) is 9.37 Å². The van der Waals surface area contributed by atoms with Crippen LogP contribution < -0.4 is 4.74 Å². The minimum Gasteiger partial charge on any atom is -0.481 e. The van der Waals surface area contributed by atoms with Gasteiger partial charge in [-0.1, -0.05) is 31.9 Å². The van der Waals surface area contributed by atoms with E-state index in [4.69, 9.17) is 4.74 Å². The smallest absolute Gasteiger partial charge is 0.255 e. The van der Waals surface area contributed by atoms with Crippen molar-refractivity contribution in [2.75, 3.05) is 13.7 Å². The molecule has 0 saturated heterocycles. The van der Waals surface area contributed by atoms with Gasteiger partial charge in [-0.2, -0.15) is 0 Å². The molecule has 0 aliphatic heterocycles. The summed E-state index contributed by atoms with van der Waals surface area (Å²) in [6.07, 6.45) is 4.61. The normalized spacial score (nSPS) is 10.5. The number of amides is 1. The highest BCUT2D eigenvalue weighted by molar-refractivity contribution is 5.93. The van der Waals surface area contributed by atoms with E-state index in [9.17, 15) is 9.18 Å². The average Bonchev–Trinajstić information content (AvgIpc) is 2.62. The minimum atomic E-state index is -0.276. The van der Waals surface area contributed by atoms with Crippen molar-refractivity contribution in [3.05, 3.63) is 59.5 Å². The molecule has 4 nitrogen and oxygen atoms in total. The molecule has 0 spiro atoms. The molecule has 2 rings (SSSR count). The van der Waals surface area contributed by atoms with Crippen LogP contribution in [0.3, 0.4) is 0 Å². The Kier molecular flexibility index (Phi) is 6.73. The third-order valence-corrected chi connectivity index (χ3v) is 3.80. The third-order valence-electron chi connectivity index (χ3n) is 3.80. The Labute approximate surface area is 142 Å². The van der Waals surface area contributed by atoms with Crippen LogP contribution in [-0.4, -0.2) is 29.4 Å². The van der Waals surface area contributed by atoms with E-state index in [0.29, 0.717) is 24.5 Å². The molecule has 0 bridgehead atoms. The van der Waals surface area contributed by atoms with E-state index in [1.54, 1.807) is 29.2 Å². The first-order valence-corrected chi connectivity index (χ1v) is 8.17. The molecule has 1 aromatic carbocycles. The zero-order chi connectivity index (χ0) is 17.4. The lowest BCUT2D eigenvalue weighted by molar-refractivity contribution is 0.0739. The van der Waals surface area contributed by atoms with Gasteiger partial charge in [-0.3, -0.25) is 4.79 Å². The lowest BCUT2D eigenvalue weighted by Gasteiger charge is -2.23. The molecule has 0 saturated carbocycles. The van der Waals surface area contributed by atoms with Gasteiger partial charge in [-0.15, -0.1) is 0 Å². The molecule has 0 unspecified atom stereocenters. The lowest BCUT2D eigenvalue weighted by Crippen LogP contribution is -2.31. The van der Waals surface area contributed by atoms with Crippen molar-refractivity contribution in [3.8, 4) is 5.88 Å². The fourth-order valence-electron chi connectivity index (χ4n) is 2.43. The number of unbranched alkanes of at least 4 members (excludes halogenated alkanes) is 2. The number of carbonyl (C=O) groups is 1. The van der Waals surface area contributed by atoms with E-state index in [-0.39, 0.29) is 11.7 Å². The van der Waals surface area contributed by atoms with Crippen molar-refractivity contribution in [2.45, 2.75) is 32.7 Å². The number of carbonyl (C=O) groups excluding carboxylic acids is 1. The van der Waals surface area contributed by atoms with Gasteiger partial charge in [0.2, 0.25) is 5.88 Å². The summed E-state index contributed by atoms with van der Waals surface area (Å²) in [5.74, 6) is 0.121. The second kappa shape index (κ2) is 9.01. The molecule has 2 aromatic rings. The summed E-state index contributed by atoms with van der Waals surface area (Å²) < 4.78 is 18.1. The molecule has 128 valence electrons. The highest BCUT2D eigenvalue weighted by Gasteiger charge is 2.16. The zero-order valence-electron chi connectivity index (χ0n) is 14.2. The fourth-order valence-corrected chi connectivity index (χ4v) is 2.43. The first kappa shape index (κ1) is 17.9. The van der Waals surface area contributed by atoms with E-state index in [1.165, 1.54) is 25.4 Å². The maximum Gasteiger partial charge on any atom is 0.255 e. The predicted octanol–water partition coefficient (Wildman–Crippen LogP) is 4.06. The van der Waals surface area contributed by atoms with Gasteiger partial charge in [0.05, 0.1) is 12.7 Å². The number of benzene rings is 1. The van der Waals surface area contributed by atoms with Crippen molar-refractivity contribution >= 4 is 5.91 Å². The van der Waals surface area contributed by atoms with E-state index in [2.05, 4.69) is 11.9 Å². The second-order valence-electron chi connectivity index (χ2n) is 5.65. The Balaban J connectivity index is 2.13. The molecule has 1 heterocycles. The van der Waals surface area contributed by atoms with Gasteiger partial charge in [0.1, 0.15) is 5.82 Å². The van der Waals surface area contributed by atoms with Crippen molar-refractivity contribution in [1.29, 1.82) is 0 Å². The van der Waals surface area contributed by atoms with Crippen molar-refractivity contribution in [2.24, 2.45) is 0 Å². The minimum absolute atomic E-state index is 0.0782. The van der Waals surface area contributed by atoms with E-state index in [1.807, 2.05) is 0 Å². The van der Waals surface area contributed by atoms with Crippen LogP contribution in [-0.2, 0) is 6.54 Å². The van der Waals surface area contributed by atoms with Gasteiger partial charge >= 0.3 is 0 Å². The maximum absolute atomic E-state index is 13.1. The number of nitrogens with zero attached hydrogens (tertiary/aromatic N) is 2. The number of pyridine rings is 1. The number of halogens is 1. The van der Waals surface area contributed by atoms with E-state index < -0.39 is 0 Å².